The van der Waals surface area contributed by atoms with E-state index in [4.69, 9.17) is 0 Å². The van der Waals surface area contributed by atoms with Gasteiger partial charge in [-0.25, -0.2) is 0 Å². The van der Waals surface area contributed by atoms with Crippen molar-refractivity contribution >= 4 is 11.6 Å². The molecule has 1 aliphatic heterocycles. The third kappa shape index (κ3) is 4.53. The number of rotatable bonds is 5. The molecule has 0 radical (unpaired) electrons. The number of likely N-dealkylation sites (tertiary alicyclic amines) is 1. The number of hydrogen-bond donors (Lipinski definition) is 1. The molecule has 1 saturated heterocycles. The summed E-state index contributed by atoms with van der Waals surface area (Å²) < 4.78 is 0. The van der Waals surface area contributed by atoms with Crippen LogP contribution in [0, 0.1) is 5.92 Å². The fourth-order valence-electron chi connectivity index (χ4n) is 3.79. The molecule has 1 heterocycles. The predicted molar refractivity (Wildman–Crippen MR) is 108 cm³/mol. The minimum absolute atomic E-state index is 0.0580. The van der Waals surface area contributed by atoms with Crippen LogP contribution in [0.2, 0.25) is 0 Å². The van der Waals surface area contributed by atoms with E-state index in [0.29, 0.717) is 11.8 Å². The predicted octanol–water partition coefficient (Wildman–Crippen LogP) is 5.22. The second kappa shape index (κ2) is 8.50. The van der Waals surface area contributed by atoms with Gasteiger partial charge in [0.05, 0.1) is 0 Å². The number of nitrogens with zero attached hydrogens (tertiary/aromatic N) is 1. The number of anilines is 1. The van der Waals surface area contributed by atoms with Gasteiger partial charge in [0.15, 0.2) is 0 Å². The van der Waals surface area contributed by atoms with Crippen LogP contribution < -0.4 is 5.32 Å². The molecule has 0 spiro atoms. The van der Waals surface area contributed by atoms with E-state index in [1.165, 1.54) is 12.0 Å². The quantitative estimate of drug-likeness (QED) is 0.801. The third-order valence-electron chi connectivity index (χ3n) is 5.26. The number of hydrogen-bond acceptors (Lipinski definition) is 2. The summed E-state index contributed by atoms with van der Waals surface area (Å²) in [6.07, 6.45) is 2.40. The summed E-state index contributed by atoms with van der Waals surface area (Å²) in [5.74, 6) is 1.18. The fraction of sp³-hybridized carbons (Fsp3) is 0.435. The lowest BCUT2D eigenvalue weighted by molar-refractivity contribution is -0.122. The van der Waals surface area contributed by atoms with Gasteiger partial charge in [-0.1, -0.05) is 63.2 Å². The number of piperidine rings is 1. The van der Waals surface area contributed by atoms with E-state index in [-0.39, 0.29) is 11.9 Å². The van der Waals surface area contributed by atoms with Gasteiger partial charge >= 0.3 is 0 Å². The lowest BCUT2D eigenvalue weighted by Crippen LogP contribution is -2.42. The van der Waals surface area contributed by atoms with Crippen LogP contribution in [0.1, 0.15) is 56.7 Å². The molecule has 26 heavy (non-hydrogen) atoms. The first-order chi connectivity index (χ1) is 12.5. The Morgan fingerprint density at radius 1 is 1.04 bits per heavy atom. The van der Waals surface area contributed by atoms with E-state index >= 15 is 0 Å². The molecule has 0 aromatic heterocycles. The minimum atomic E-state index is -0.233. The Balaban J connectivity index is 1.80. The maximum Gasteiger partial charge on any atom is 0.246 e. The maximum absolute atomic E-state index is 13.2. The highest BCUT2D eigenvalue weighted by Gasteiger charge is 2.30. The standard InChI is InChI=1S/C23H30N2O/c1-17(2)19-11-13-21(14-12-19)24-23(26)22(20-9-5-4-6-10-20)25-15-7-8-18(3)16-25/h4-6,9-14,17-18,22H,7-8,15-16H2,1-3H3,(H,24,26)/t18-,22-/m1/s1. The molecule has 0 unspecified atom stereocenters. The zero-order valence-electron chi connectivity index (χ0n) is 16.1. The molecule has 138 valence electrons. The first-order valence-electron chi connectivity index (χ1n) is 9.74. The summed E-state index contributed by atoms with van der Waals surface area (Å²) in [6, 6.07) is 18.1. The third-order valence-corrected chi connectivity index (χ3v) is 5.26. The lowest BCUT2D eigenvalue weighted by atomic mass is 9.95. The van der Waals surface area contributed by atoms with Crippen LogP contribution in [0.5, 0.6) is 0 Å². The maximum atomic E-state index is 13.2. The van der Waals surface area contributed by atoms with Gasteiger partial charge in [-0.05, 0) is 54.5 Å². The average molecular weight is 351 g/mol. The first-order valence-corrected chi connectivity index (χ1v) is 9.74. The van der Waals surface area contributed by atoms with E-state index in [1.807, 2.05) is 30.3 Å². The summed E-state index contributed by atoms with van der Waals surface area (Å²) in [7, 11) is 0. The summed E-state index contributed by atoms with van der Waals surface area (Å²) >= 11 is 0. The second-order valence-corrected chi connectivity index (χ2v) is 7.82. The van der Waals surface area contributed by atoms with Crippen LogP contribution in [0.4, 0.5) is 5.69 Å². The number of amides is 1. The second-order valence-electron chi connectivity index (χ2n) is 7.82. The van der Waals surface area contributed by atoms with Crippen LogP contribution in [0.25, 0.3) is 0 Å². The van der Waals surface area contributed by atoms with Crippen LogP contribution in [0.15, 0.2) is 54.6 Å². The Bertz CT molecular complexity index is 709. The van der Waals surface area contributed by atoms with Crippen molar-refractivity contribution < 1.29 is 4.79 Å². The molecule has 2 aromatic carbocycles. The normalized spacial score (nSPS) is 19.3. The molecule has 2 aromatic rings. The highest BCUT2D eigenvalue weighted by Crippen LogP contribution is 2.28. The summed E-state index contributed by atoms with van der Waals surface area (Å²) in [4.78, 5) is 15.5. The Labute approximate surface area is 157 Å². The van der Waals surface area contributed by atoms with E-state index in [1.54, 1.807) is 0 Å². The molecular weight excluding hydrogens is 320 g/mol. The first kappa shape index (κ1) is 18.7. The monoisotopic (exact) mass is 350 g/mol. The van der Waals surface area contributed by atoms with E-state index in [2.05, 4.69) is 55.3 Å². The summed E-state index contributed by atoms with van der Waals surface area (Å²) in [5.41, 5.74) is 3.22. The molecule has 2 atom stereocenters. The number of nitrogens with one attached hydrogen (secondary N) is 1. The van der Waals surface area contributed by atoms with Crippen molar-refractivity contribution in [1.82, 2.24) is 4.90 Å². The van der Waals surface area contributed by atoms with Crippen molar-refractivity contribution in [2.24, 2.45) is 5.92 Å². The lowest BCUT2D eigenvalue weighted by Gasteiger charge is -2.36. The number of carbonyl (C=O) groups is 1. The van der Waals surface area contributed by atoms with Crippen molar-refractivity contribution in [2.75, 3.05) is 18.4 Å². The van der Waals surface area contributed by atoms with Crippen molar-refractivity contribution in [2.45, 2.75) is 45.6 Å². The van der Waals surface area contributed by atoms with Gasteiger partial charge in [0, 0.05) is 12.2 Å². The number of carbonyl (C=O) groups excluding carboxylic acids is 1. The Morgan fingerprint density at radius 3 is 2.35 bits per heavy atom. The highest BCUT2D eigenvalue weighted by atomic mass is 16.2. The molecular formula is C23H30N2O. The molecule has 1 amide bonds. The molecule has 0 aliphatic carbocycles. The van der Waals surface area contributed by atoms with Crippen LogP contribution in [0.3, 0.4) is 0 Å². The minimum Gasteiger partial charge on any atom is -0.324 e. The molecule has 1 aliphatic rings. The molecule has 0 saturated carbocycles. The van der Waals surface area contributed by atoms with Gasteiger partial charge in [0.2, 0.25) is 5.91 Å². The smallest absolute Gasteiger partial charge is 0.246 e. The van der Waals surface area contributed by atoms with Gasteiger partial charge in [0.25, 0.3) is 0 Å². The molecule has 0 bridgehead atoms. The van der Waals surface area contributed by atoms with Crippen molar-refractivity contribution in [3.63, 3.8) is 0 Å². The number of benzene rings is 2. The molecule has 3 heteroatoms. The van der Waals surface area contributed by atoms with Gasteiger partial charge < -0.3 is 5.32 Å². The van der Waals surface area contributed by atoms with Crippen LogP contribution in [-0.4, -0.2) is 23.9 Å². The molecule has 1 fully saturated rings. The van der Waals surface area contributed by atoms with E-state index in [9.17, 15) is 4.79 Å². The molecule has 3 rings (SSSR count). The Kier molecular flexibility index (Phi) is 6.10. The molecule has 3 nitrogen and oxygen atoms in total. The van der Waals surface area contributed by atoms with Crippen LogP contribution >= 0.6 is 0 Å². The zero-order chi connectivity index (χ0) is 18.5. The van der Waals surface area contributed by atoms with Gasteiger partial charge in [-0.2, -0.15) is 0 Å². The van der Waals surface area contributed by atoms with E-state index < -0.39 is 0 Å². The Hall–Kier alpha value is -2.13. The van der Waals surface area contributed by atoms with Gasteiger partial charge in [0.1, 0.15) is 6.04 Å². The Morgan fingerprint density at radius 2 is 1.73 bits per heavy atom. The SMILES string of the molecule is CC(C)c1ccc(NC(=O)[C@@H](c2ccccc2)N2CCC[C@@H](C)C2)cc1. The molecule has 1 N–H and O–H groups in total. The van der Waals surface area contributed by atoms with Gasteiger partial charge in [-0.15, -0.1) is 0 Å². The van der Waals surface area contributed by atoms with Crippen molar-refractivity contribution in [3.8, 4) is 0 Å². The van der Waals surface area contributed by atoms with Crippen molar-refractivity contribution in [3.05, 3.63) is 65.7 Å². The average Bonchev–Trinajstić information content (AvgIpc) is 2.63. The summed E-state index contributed by atoms with van der Waals surface area (Å²) in [5, 5.41) is 3.14. The topological polar surface area (TPSA) is 32.3 Å². The van der Waals surface area contributed by atoms with Gasteiger partial charge in [-0.3, -0.25) is 9.69 Å². The van der Waals surface area contributed by atoms with E-state index in [0.717, 1.165) is 30.8 Å². The van der Waals surface area contributed by atoms with Crippen molar-refractivity contribution in [1.29, 1.82) is 0 Å². The largest absolute Gasteiger partial charge is 0.324 e. The fourth-order valence-corrected chi connectivity index (χ4v) is 3.79. The highest BCUT2D eigenvalue weighted by molar-refractivity contribution is 5.95. The zero-order valence-corrected chi connectivity index (χ0v) is 16.1. The summed E-state index contributed by atoms with van der Waals surface area (Å²) in [6.45, 7) is 8.58. The van der Waals surface area contributed by atoms with Crippen LogP contribution in [-0.2, 0) is 4.79 Å².